The summed E-state index contributed by atoms with van der Waals surface area (Å²) < 4.78 is 1.39. The molecule has 3 heterocycles. The standard InChI is InChI=1S/C10H6N8S/c11-3-6-1-2-7(19-6)8-15-9(12)17-10(16-8)18-5-13-4-14-18/h1-2,4-5H,(H2,12,15,16,17). The minimum atomic E-state index is 0.0856. The van der Waals surface area contributed by atoms with Crippen LogP contribution in [-0.4, -0.2) is 29.7 Å². The van der Waals surface area contributed by atoms with Crippen molar-refractivity contribution in [2.75, 3.05) is 5.73 Å². The van der Waals surface area contributed by atoms with Gasteiger partial charge >= 0.3 is 0 Å². The summed E-state index contributed by atoms with van der Waals surface area (Å²) >= 11 is 1.29. The molecule has 0 aliphatic heterocycles. The van der Waals surface area contributed by atoms with Gasteiger partial charge in [0.25, 0.3) is 5.95 Å². The number of nitrogens with two attached hydrogens (primary N) is 1. The topological polar surface area (TPSA) is 119 Å². The Bertz CT molecular complexity index is 754. The first-order chi connectivity index (χ1) is 9.26. The summed E-state index contributed by atoms with van der Waals surface area (Å²) in [6.07, 6.45) is 2.84. The molecule has 3 aromatic heterocycles. The molecule has 9 heteroatoms. The quantitative estimate of drug-likeness (QED) is 0.725. The van der Waals surface area contributed by atoms with Crippen molar-refractivity contribution in [3.8, 4) is 22.7 Å². The predicted molar refractivity (Wildman–Crippen MR) is 67.2 cm³/mol. The highest BCUT2D eigenvalue weighted by Gasteiger charge is 2.11. The van der Waals surface area contributed by atoms with Gasteiger partial charge in [-0.3, -0.25) is 0 Å². The number of anilines is 1. The molecular formula is C10H6N8S. The fourth-order valence-electron chi connectivity index (χ4n) is 1.42. The molecule has 8 nitrogen and oxygen atoms in total. The molecule has 3 aromatic rings. The molecule has 0 saturated carbocycles. The van der Waals surface area contributed by atoms with Gasteiger partial charge in [-0.2, -0.15) is 30.0 Å². The molecule has 0 unspecified atom stereocenters. The summed E-state index contributed by atoms with van der Waals surface area (Å²) in [7, 11) is 0. The molecular weight excluding hydrogens is 264 g/mol. The molecule has 0 amide bonds. The Labute approximate surface area is 111 Å². The zero-order chi connectivity index (χ0) is 13.2. The smallest absolute Gasteiger partial charge is 0.257 e. The Morgan fingerprint density at radius 1 is 1.26 bits per heavy atom. The number of hydrogen-bond acceptors (Lipinski definition) is 8. The number of nitrogens with zero attached hydrogens (tertiary/aromatic N) is 7. The first kappa shape index (κ1) is 11.2. The molecule has 0 spiro atoms. The van der Waals surface area contributed by atoms with Crippen LogP contribution in [-0.2, 0) is 0 Å². The average Bonchev–Trinajstić information content (AvgIpc) is 3.09. The molecule has 0 radical (unpaired) electrons. The normalized spacial score (nSPS) is 10.3. The molecule has 3 rings (SSSR count). The first-order valence-electron chi connectivity index (χ1n) is 5.13. The lowest BCUT2D eigenvalue weighted by atomic mass is 10.4. The van der Waals surface area contributed by atoms with Crippen molar-refractivity contribution in [1.82, 2.24) is 29.7 Å². The SMILES string of the molecule is N#Cc1ccc(-c2nc(N)nc(-n3cncn3)n2)s1. The van der Waals surface area contributed by atoms with Gasteiger partial charge in [0, 0.05) is 0 Å². The maximum Gasteiger partial charge on any atom is 0.257 e. The highest BCUT2D eigenvalue weighted by molar-refractivity contribution is 7.15. The molecule has 19 heavy (non-hydrogen) atoms. The van der Waals surface area contributed by atoms with Gasteiger partial charge in [0.2, 0.25) is 5.95 Å². The zero-order valence-corrected chi connectivity index (χ0v) is 10.2. The van der Waals surface area contributed by atoms with Crippen molar-refractivity contribution in [3.63, 3.8) is 0 Å². The summed E-state index contributed by atoms with van der Waals surface area (Å²) in [5, 5.41) is 12.7. The van der Waals surface area contributed by atoms with E-state index in [1.807, 2.05) is 0 Å². The van der Waals surface area contributed by atoms with Crippen molar-refractivity contribution in [2.45, 2.75) is 0 Å². The summed E-state index contributed by atoms with van der Waals surface area (Å²) in [6, 6.07) is 5.53. The minimum absolute atomic E-state index is 0.0856. The summed E-state index contributed by atoms with van der Waals surface area (Å²) in [5.41, 5.74) is 5.66. The van der Waals surface area contributed by atoms with Crippen molar-refractivity contribution < 1.29 is 0 Å². The first-order valence-corrected chi connectivity index (χ1v) is 5.95. The average molecular weight is 270 g/mol. The summed E-state index contributed by atoms with van der Waals surface area (Å²) in [5.74, 6) is 0.777. The maximum absolute atomic E-state index is 8.82. The van der Waals surface area contributed by atoms with E-state index < -0.39 is 0 Å². The second-order valence-electron chi connectivity index (χ2n) is 3.43. The molecule has 0 aliphatic carbocycles. The van der Waals surface area contributed by atoms with Crippen molar-refractivity contribution in [1.29, 1.82) is 5.26 Å². The van der Waals surface area contributed by atoms with Crippen molar-refractivity contribution in [3.05, 3.63) is 29.7 Å². The van der Waals surface area contributed by atoms with Crippen LogP contribution in [0.15, 0.2) is 24.8 Å². The molecule has 0 aliphatic rings. The molecule has 0 atom stereocenters. The van der Waals surface area contributed by atoms with Gasteiger partial charge in [0.1, 0.15) is 23.6 Å². The number of hydrogen-bond donors (Lipinski definition) is 1. The Morgan fingerprint density at radius 2 is 2.16 bits per heavy atom. The minimum Gasteiger partial charge on any atom is -0.368 e. The van der Waals surface area contributed by atoms with Crippen molar-refractivity contribution in [2.24, 2.45) is 0 Å². The Hall–Kier alpha value is -2.86. The van der Waals surface area contributed by atoms with Gasteiger partial charge in [0.15, 0.2) is 5.82 Å². The second-order valence-corrected chi connectivity index (χ2v) is 4.52. The number of thiophene rings is 1. The van der Waals surface area contributed by atoms with Crippen molar-refractivity contribution >= 4 is 17.3 Å². The van der Waals surface area contributed by atoms with Crippen LogP contribution in [0.3, 0.4) is 0 Å². The largest absolute Gasteiger partial charge is 0.368 e. The second kappa shape index (κ2) is 4.43. The van der Waals surface area contributed by atoms with Gasteiger partial charge in [0.05, 0.1) is 4.88 Å². The van der Waals surface area contributed by atoms with Crippen LogP contribution in [0.2, 0.25) is 0 Å². The van der Waals surface area contributed by atoms with Crippen LogP contribution in [0.4, 0.5) is 5.95 Å². The van der Waals surface area contributed by atoms with Crippen LogP contribution in [0, 0.1) is 11.3 Å². The van der Waals surface area contributed by atoms with E-state index in [2.05, 4.69) is 31.1 Å². The highest BCUT2D eigenvalue weighted by atomic mass is 32.1. The summed E-state index contributed by atoms with van der Waals surface area (Å²) in [4.78, 5) is 17.4. The third-order valence-electron chi connectivity index (χ3n) is 2.20. The molecule has 2 N–H and O–H groups in total. The number of aromatic nitrogens is 6. The van der Waals surface area contributed by atoms with E-state index in [0.717, 1.165) is 4.88 Å². The molecule has 0 saturated heterocycles. The zero-order valence-electron chi connectivity index (χ0n) is 9.43. The van der Waals surface area contributed by atoms with Crippen LogP contribution >= 0.6 is 11.3 Å². The van der Waals surface area contributed by atoms with E-state index in [-0.39, 0.29) is 11.9 Å². The third-order valence-corrected chi connectivity index (χ3v) is 3.19. The van der Waals surface area contributed by atoms with Gasteiger partial charge in [-0.05, 0) is 12.1 Å². The van der Waals surface area contributed by atoms with E-state index in [9.17, 15) is 0 Å². The lowest BCUT2D eigenvalue weighted by Crippen LogP contribution is -2.07. The lowest BCUT2D eigenvalue weighted by Gasteiger charge is -2.02. The Morgan fingerprint density at radius 3 is 2.84 bits per heavy atom. The predicted octanol–water partition coefficient (Wildman–Crippen LogP) is 0.635. The Balaban J connectivity index is 2.10. The number of rotatable bonds is 2. The fraction of sp³-hybridized carbons (Fsp3) is 0. The molecule has 0 aromatic carbocycles. The van der Waals surface area contributed by atoms with Gasteiger partial charge < -0.3 is 5.73 Å². The number of nitriles is 1. The van der Waals surface area contributed by atoms with E-state index in [1.165, 1.54) is 28.7 Å². The molecule has 0 bridgehead atoms. The highest BCUT2D eigenvalue weighted by Crippen LogP contribution is 2.25. The summed E-state index contributed by atoms with van der Waals surface area (Å²) in [6.45, 7) is 0. The third kappa shape index (κ3) is 2.12. The lowest BCUT2D eigenvalue weighted by molar-refractivity contribution is 0.800. The van der Waals surface area contributed by atoms with Gasteiger partial charge in [-0.25, -0.2) is 4.98 Å². The van der Waals surface area contributed by atoms with E-state index in [4.69, 9.17) is 11.0 Å². The maximum atomic E-state index is 8.82. The van der Waals surface area contributed by atoms with E-state index in [0.29, 0.717) is 10.7 Å². The number of nitrogen functional groups attached to an aromatic ring is 1. The van der Waals surface area contributed by atoms with E-state index in [1.54, 1.807) is 12.1 Å². The van der Waals surface area contributed by atoms with Crippen LogP contribution in [0.25, 0.3) is 16.6 Å². The van der Waals surface area contributed by atoms with Gasteiger partial charge in [-0.15, -0.1) is 11.3 Å². The van der Waals surface area contributed by atoms with Gasteiger partial charge in [-0.1, -0.05) is 0 Å². The van der Waals surface area contributed by atoms with Crippen LogP contribution in [0.1, 0.15) is 4.88 Å². The van der Waals surface area contributed by atoms with Crippen LogP contribution < -0.4 is 5.73 Å². The van der Waals surface area contributed by atoms with Crippen LogP contribution in [0.5, 0.6) is 0 Å². The fourth-order valence-corrected chi connectivity index (χ4v) is 2.16. The van der Waals surface area contributed by atoms with E-state index >= 15 is 0 Å². The Kier molecular flexibility index (Phi) is 2.62. The monoisotopic (exact) mass is 270 g/mol. The molecule has 92 valence electrons. The molecule has 0 fully saturated rings.